The van der Waals surface area contributed by atoms with Gasteiger partial charge in [-0.25, -0.2) is 0 Å². The van der Waals surface area contributed by atoms with Crippen LogP contribution in [0.4, 0.5) is 0 Å². The molecule has 2 aliphatic heterocycles. The summed E-state index contributed by atoms with van der Waals surface area (Å²) in [4.78, 5) is 2.74. The largest absolute Gasteiger partial charge is 0.290 e. The summed E-state index contributed by atoms with van der Waals surface area (Å²) in [6.45, 7) is 6.12. The van der Waals surface area contributed by atoms with E-state index in [2.05, 4.69) is 43.0 Å². The lowest BCUT2D eigenvalue weighted by Crippen LogP contribution is -2.65. The first-order valence-corrected chi connectivity index (χ1v) is 6.53. The number of hydrogen-bond acceptors (Lipinski definition) is 1. The topological polar surface area (TPSA) is 3.24 Å². The maximum atomic E-state index is 2.74. The van der Waals surface area contributed by atoms with E-state index in [1.54, 1.807) is 11.1 Å². The van der Waals surface area contributed by atoms with Gasteiger partial charge in [-0.05, 0) is 44.2 Å². The van der Waals surface area contributed by atoms with Crippen LogP contribution in [0.2, 0.25) is 0 Å². The van der Waals surface area contributed by atoms with Crippen LogP contribution in [0.15, 0.2) is 24.3 Å². The van der Waals surface area contributed by atoms with Crippen molar-refractivity contribution in [2.45, 2.75) is 50.1 Å². The van der Waals surface area contributed by atoms with Crippen LogP contribution in [0.25, 0.3) is 0 Å². The number of benzene rings is 1. The van der Waals surface area contributed by atoms with E-state index < -0.39 is 0 Å². The summed E-state index contributed by atoms with van der Waals surface area (Å²) in [7, 11) is 0. The predicted molar refractivity (Wildman–Crippen MR) is 65.5 cm³/mol. The summed E-state index contributed by atoms with van der Waals surface area (Å²) in [5.41, 5.74) is 4.19. The van der Waals surface area contributed by atoms with Crippen LogP contribution in [0.5, 0.6) is 0 Å². The molecule has 3 aliphatic rings. The standard InChI is InChI=1S/C15H19N/c1-11-9-14(2)12-5-3-4-6-13(12)15(7-8-15)10-16(11)14/h3-6,11H,7-10H2,1-2H3. The number of hydrogen-bond donors (Lipinski definition) is 0. The Morgan fingerprint density at radius 2 is 1.88 bits per heavy atom. The van der Waals surface area contributed by atoms with Crippen molar-refractivity contribution < 1.29 is 0 Å². The molecule has 1 aliphatic carbocycles. The Morgan fingerprint density at radius 1 is 1.19 bits per heavy atom. The first-order chi connectivity index (χ1) is 7.66. The lowest BCUT2D eigenvalue weighted by atomic mass is 9.67. The van der Waals surface area contributed by atoms with Gasteiger partial charge in [0.25, 0.3) is 0 Å². The van der Waals surface area contributed by atoms with Crippen molar-refractivity contribution >= 4 is 0 Å². The fourth-order valence-electron chi connectivity index (χ4n) is 4.18. The molecule has 1 aromatic rings. The second-order valence-corrected chi connectivity index (χ2v) is 6.28. The first-order valence-electron chi connectivity index (χ1n) is 6.53. The van der Waals surface area contributed by atoms with Crippen LogP contribution in [-0.2, 0) is 11.0 Å². The molecule has 0 radical (unpaired) electrons. The van der Waals surface area contributed by atoms with Crippen molar-refractivity contribution in [2.75, 3.05) is 6.54 Å². The molecule has 1 aromatic carbocycles. The summed E-state index contributed by atoms with van der Waals surface area (Å²) in [6, 6.07) is 9.98. The van der Waals surface area contributed by atoms with Crippen molar-refractivity contribution in [3.8, 4) is 0 Å². The van der Waals surface area contributed by atoms with Gasteiger partial charge < -0.3 is 0 Å². The molecule has 1 spiro atoms. The Bertz CT molecular complexity index is 460. The number of rotatable bonds is 0. The van der Waals surface area contributed by atoms with Crippen molar-refractivity contribution in [2.24, 2.45) is 0 Å². The summed E-state index contributed by atoms with van der Waals surface area (Å²) in [5.74, 6) is 0. The zero-order valence-electron chi connectivity index (χ0n) is 10.2. The average molecular weight is 213 g/mol. The van der Waals surface area contributed by atoms with Gasteiger partial charge in [-0.2, -0.15) is 0 Å². The van der Waals surface area contributed by atoms with Crippen LogP contribution in [0, 0.1) is 0 Å². The Labute approximate surface area is 97.5 Å². The Morgan fingerprint density at radius 3 is 2.50 bits per heavy atom. The fraction of sp³-hybridized carbons (Fsp3) is 0.600. The molecule has 84 valence electrons. The van der Waals surface area contributed by atoms with Crippen molar-refractivity contribution in [3.05, 3.63) is 35.4 Å². The van der Waals surface area contributed by atoms with Crippen molar-refractivity contribution in [1.29, 1.82) is 0 Å². The van der Waals surface area contributed by atoms with Gasteiger partial charge in [0.1, 0.15) is 0 Å². The third-order valence-electron chi connectivity index (χ3n) is 5.26. The lowest BCUT2D eigenvalue weighted by Gasteiger charge is -2.61. The Hall–Kier alpha value is -0.820. The third-order valence-corrected chi connectivity index (χ3v) is 5.26. The van der Waals surface area contributed by atoms with E-state index >= 15 is 0 Å². The molecule has 2 heterocycles. The highest BCUT2D eigenvalue weighted by atomic mass is 15.3. The quantitative estimate of drug-likeness (QED) is 0.640. The van der Waals surface area contributed by atoms with Gasteiger partial charge in [0.15, 0.2) is 0 Å². The zero-order chi connectivity index (χ0) is 11.0. The summed E-state index contributed by atoms with van der Waals surface area (Å²) < 4.78 is 0. The maximum Gasteiger partial charge on any atom is 0.0453 e. The van der Waals surface area contributed by atoms with Gasteiger partial charge in [-0.3, -0.25) is 4.90 Å². The Balaban J connectivity index is 1.93. The highest BCUT2D eigenvalue weighted by Crippen LogP contribution is 2.60. The lowest BCUT2D eigenvalue weighted by molar-refractivity contribution is -0.0761. The smallest absolute Gasteiger partial charge is 0.0453 e. The van der Waals surface area contributed by atoms with Gasteiger partial charge in [0, 0.05) is 23.5 Å². The van der Waals surface area contributed by atoms with E-state index in [0.29, 0.717) is 11.0 Å². The fourth-order valence-corrected chi connectivity index (χ4v) is 4.18. The van der Waals surface area contributed by atoms with E-state index in [0.717, 1.165) is 6.04 Å². The minimum Gasteiger partial charge on any atom is -0.290 e. The van der Waals surface area contributed by atoms with Gasteiger partial charge in [-0.15, -0.1) is 0 Å². The summed E-state index contributed by atoms with van der Waals surface area (Å²) >= 11 is 0. The molecule has 0 bridgehead atoms. The minimum absolute atomic E-state index is 0.351. The second kappa shape index (κ2) is 2.53. The maximum absolute atomic E-state index is 2.74. The van der Waals surface area contributed by atoms with E-state index in [-0.39, 0.29) is 0 Å². The third kappa shape index (κ3) is 0.878. The normalized spacial score (nSPS) is 38.8. The molecule has 0 amide bonds. The Kier molecular flexibility index (Phi) is 1.46. The van der Waals surface area contributed by atoms with Crippen LogP contribution in [0.3, 0.4) is 0 Å². The van der Waals surface area contributed by atoms with E-state index in [9.17, 15) is 0 Å². The number of nitrogens with zero attached hydrogens (tertiary/aromatic N) is 1. The van der Waals surface area contributed by atoms with Gasteiger partial charge in [-0.1, -0.05) is 24.3 Å². The monoisotopic (exact) mass is 213 g/mol. The summed E-state index contributed by atoms with van der Waals surface area (Å²) in [5, 5.41) is 0. The van der Waals surface area contributed by atoms with Crippen LogP contribution >= 0.6 is 0 Å². The van der Waals surface area contributed by atoms with Crippen LogP contribution in [-0.4, -0.2) is 17.5 Å². The van der Waals surface area contributed by atoms with E-state index in [1.807, 2.05) is 0 Å². The molecule has 4 rings (SSSR count). The van der Waals surface area contributed by atoms with E-state index in [4.69, 9.17) is 0 Å². The first kappa shape index (κ1) is 9.23. The van der Waals surface area contributed by atoms with Gasteiger partial charge in [0.2, 0.25) is 0 Å². The van der Waals surface area contributed by atoms with Crippen LogP contribution in [0.1, 0.15) is 44.2 Å². The summed E-state index contributed by atoms with van der Waals surface area (Å²) in [6.07, 6.45) is 4.15. The number of fused-ring (bicyclic) bond motifs is 4. The molecular formula is C15H19N. The molecule has 1 saturated heterocycles. The average Bonchev–Trinajstić information content (AvgIpc) is 3.06. The highest BCUT2D eigenvalue weighted by molar-refractivity contribution is 5.47. The highest BCUT2D eigenvalue weighted by Gasteiger charge is 2.59. The van der Waals surface area contributed by atoms with Gasteiger partial charge in [0.05, 0.1) is 0 Å². The molecule has 0 N–H and O–H groups in total. The van der Waals surface area contributed by atoms with Crippen molar-refractivity contribution in [3.63, 3.8) is 0 Å². The second-order valence-electron chi connectivity index (χ2n) is 6.28. The molecular weight excluding hydrogens is 194 g/mol. The molecule has 1 nitrogen and oxygen atoms in total. The SMILES string of the molecule is CC1CC2(C)c3ccccc3C3(CC3)CN12. The van der Waals surface area contributed by atoms with Gasteiger partial charge >= 0.3 is 0 Å². The molecule has 2 atom stereocenters. The molecule has 2 fully saturated rings. The minimum atomic E-state index is 0.351. The molecule has 16 heavy (non-hydrogen) atoms. The molecule has 0 aromatic heterocycles. The predicted octanol–water partition coefficient (Wildman–Crippen LogP) is 3.04. The van der Waals surface area contributed by atoms with Crippen molar-refractivity contribution in [1.82, 2.24) is 4.90 Å². The molecule has 1 heteroatoms. The van der Waals surface area contributed by atoms with Crippen LogP contribution < -0.4 is 0 Å². The molecule has 2 unspecified atom stereocenters. The molecule has 1 saturated carbocycles. The zero-order valence-corrected chi connectivity index (χ0v) is 10.2. The van der Waals surface area contributed by atoms with E-state index in [1.165, 1.54) is 25.8 Å².